The number of carbonyl (C=O) groups excluding carboxylic acids is 1. The van der Waals surface area contributed by atoms with Crippen LogP contribution in [0.15, 0.2) is 24.7 Å². The van der Waals surface area contributed by atoms with Crippen molar-refractivity contribution in [2.45, 2.75) is 37.6 Å². The van der Waals surface area contributed by atoms with Gasteiger partial charge in [0.25, 0.3) is 0 Å². The third kappa shape index (κ3) is 2.14. The van der Waals surface area contributed by atoms with Crippen LogP contribution in [0.3, 0.4) is 0 Å². The van der Waals surface area contributed by atoms with Crippen molar-refractivity contribution in [2.24, 2.45) is 0 Å². The van der Waals surface area contributed by atoms with E-state index in [1.807, 2.05) is 4.68 Å². The predicted octanol–water partition coefficient (Wildman–Crippen LogP) is 3.30. The van der Waals surface area contributed by atoms with Crippen molar-refractivity contribution in [2.75, 3.05) is 5.32 Å². The van der Waals surface area contributed by atoms with Crippen molar-refractivity contribution in [1.82, 2.24) is 19.7 Å². The van der Waals surface area contributed by atoms with Crippen LogP contribution < -0.4 is 5.32 Å². The quantitative estimate of drug-likeness (QED) is 0.765. The van der Waals surface area contributed by atoms with Gasteiger partial charge in [-0.2, -0.15) is 5.10 Å². The van der Waals surface area contributed by atoms with Crippen molar-refractivity contribution >= 4 is 22.6 Å². The Morgan fingerprint density at radius 1 is 1.19 bits per heavy atom. The molecular formula is C18H15F2N5O. The molecule has 1 unspecified atom stereocenters. The van der Waals surface area contributed by atoms with E-state index in [4.69, 9.17) is 0 Å². The second-order valence-corrected chi connectivity index (χ2v) is 6.80. The van der Waals surface area contributed by atoms with Gasteiger partial charge < -0.3 is 5.32 Å². The number of hydrogen-bond donors (Lipinski definition) is 1. The largest absolute Gasteiger partial charge is 0.322 e. The van der Waals surface area contributed by atoms with Gasteiger partial charge in [0.1, 0.15) is 23.9 Å². The molecule has 26 heavy (non-hydrogen) atoms. The van der Waals surface area contributed by atoms with Crippen LogP contribution in [0, 0.1) is 11.6 Å². The number of nitrogens with zero attached hydrogens (tertiary/aromatic N) is 4. The number of benzene rings is 1. The average Bonchev–Trinajstić information content (AvgIpc) is 3.31. The van der Waals surface area contributed by atoms with Crippen molar-refractivity contribution in [1.29, 1.82) is 0 Å². The number of hydrogen-bond acceptors (Lipinski definition) is 4. The summed E-state index contributed by atoms with van der Waals surface area (Å²) in [5.74, 6) is -2.72. The van der Waals surface area contributed by atoms with Gasteiger partial charge in [0.05, 0.1) is 22.8 Å². The van der Waals surface area contributed by atoms with E-state index < -0.39 is 23.5 Å². The van der Waals surface area contributed by atoms with Gasteiger partial charge in [-0.1, -0.05) is 12.8 Å². The maximum Gasteiger partial charge on any atom is 0.238 e. The molecule has 1 amide bonds. The average molecular weight is 355 g/mol. The van der Waals surface area contributed by atoms with E-state index in [0.29, 0.717) is 16.7 Å². The summed E-state index contributed by atoms with van der Waals surface area (Å²) < 4.78 is 29.8. The van der Waals surface area contributed by atoms with Crippen molar-refractivity contribution in [3.63, 3.8) is 0 Å². The summed E-state index contributed by atoms with van der Waals surface area (Å²) in [6.07, 6.45) is 7.09. The number of halogens is 2. The molecule has 6 nitrogen and oxygen atoms in total. The molecule has 1 saturated carbocycles. The monoisotopic (exact) mass is 355 g/mol. The van der Waals surface area contributed by atoms with Gasteiger partial charge in [0.2, 0.25) is 5.91 Å². The standard InChI is InChI=1S/C18H15F2N5O/c19-9-5-11-14(18(26)23-15(11)13(20)6-9)16-12-7-21-8-22-17(12)24-25(16)10-3-1-2-4-10/h5-8,10,14H,1-4H2,(H,23,26). The van der Waals surface area contributed by atoms with Crippen LogP contribution in [-0.2, 0) is 4.79 Å². The van der Waals surface area contributed by atoms with Crippen LogP contribution in [-0.4, -0.2) is 25.7 Å². The molecule has 132 valence electrons. The summed E-state index contributed by atoms with van der Waals surface area (Å²) in [6, 6.07) is 2.13. The minimum Gasteiger partial charge on any atom is -0.322 e. The second-order valence-electron chi connectivity index (χ2n) is 6.80. The topological polar surface area (TPSA) is 72.7 Å². The molecule has 0 spiro atoms. The molecule has 1 aliphatic carbocycles. The van der Waals surface area contributed by atoms with E-state index in [9.17, 15) is 13.6 Å². The van der Waals surface area contributed by atoms with E-state index in [1.54, 1.807) is 6.20 Å². The molecule has 2 aromatic heterocycles. The first kappa shape index (κ1) is 15.4. The molecule has 8 heteroatoms. The Bertz CT molecular complexity index is 1040. The molecule has 1 aliphatic heterocycles. The van der Waals surface area contributed by atoms with Gasteiger partial charge in [-0.25, -0.2) is 18.7 Å². The zero-order valence-corrected chi connectivity index (χ0v) is 13.7. The molecule has 3 aromatic rings. The minimum atomic E-state index is -0.841. The summed E-state index contributed by atoms with van der Waals surface area (Å²) in [5.41, 5.74) is 1.41. The van der Waals surface area contributed by atoms with Gasteiger partial charge in [0, 0.05) is 17.8 Å². The Morgan fingerprint density at radius 3 is 2.81 bits per heavy atom. The molecule has 1 aromatic carbocycles. The maximum atomic E-state index is 14.2. The van der Waals surface area contributed by atoms with Crippen molar-refractivity contribution in [3.8, 4) is 0 Å². The number of carbonyl (C=O) groups is 1. The number of rotatable bonds is 2. The fourth-order valence-electron chi connectivity index (χ4n) is 4.14. The first-order chi connectivity index (χ1) is 12.6. The van der Waals surface area contributed by atoms with Crippen LogP contribution in [0.25, 0.3) is 11.0 Å². The Hall–Kier alpha value is -2.90. The highest BCUT2D eigenvalue weighted by Gasteiger charge is 2.39. The number of anilines is 1. The highest BCUT2D eigenvalue weighted by atomic mass is 19.1. The summed E-state index contributed by atoms with van der Waals surface area (Å²) in [5, 5.41) is 7.78. The zero-order valence-electron chi connectivity index (χ0n) is 13.7. The smallest absolute Gasteiger partial charge is 0.238 e. The molecule has 5 rings (SSSR count). The van der Waals surface area contributed by atoms with E-state index in [2.05, 4.69) is 20.4 Å². The number of amides is 1. The number of fused-ring (bicyclic) bond motifs is 2. The lowest BCUT2D eigenvalue weighted by Crippen LogP contribution is -2.20. The summed E-state index contributed by atoms with van der Waals surface area (Å²) in [7, 11) is 0. The summed E-state index contributed by atoms with van der Waals surface area (Å²) in [4.78, 5) is 21.0. The molecule has 2 aliphatic rings. The van der Waals surface area contributed by atoms with Crippen LogP contribution in [0.5, 0.6) is 0 Å². The minimum absolute atomic E-state index is 0.0329. The van der Waals surface area contributed by atoms with Gasteiger partial charge >= 0.3 is 0 Å². The van der Waals surface area contributed by atoms with Gasteiger partial charge in [0.15, 0.2) is 5.65 Å². The lowest BCUT2D eigenvalue weighted by molar-refractivity contribution is -0.116. The van der Waals surface area contributed by atoms with Crippen molar-refractivity contribution in [3.05, 3.63) is 47.5 Å². The fraction of sp³-hybridized carbons (Fsp3) is 0.333. The van der Waals surface area contributed by atoms with Crippen LogP contribution in [0.1, 0.15) is 48.9 Å². The van der Waals surface area contributed by atoms with Gasteiger partial charge in [-0.15, -0.1) is 0 Å². The van der Waals surface area contributed by atoms with Crippen LogP contribution in [0.2, 0.25) is 0 Å². The third-order valence-corrected chi connectivity index (χ3v) is 5.27. The molecule has 0 saturated heterocycles. The van der Waals surface area contributed by atoms with E-state index in [0.717, 1.165) is 31.7 Å². The zero-order chi connectivity index (χ0) is 17.8. The highest BCUT2D eigenvalue weighted by molar-refractivity contribution is 6.06. The first-order valence-electron chi connectivity index (χ1n) is 8.61. The SMILES string of the molecule is O=C1Nc2c(F)cc(F)cc2C1c1c2cncnc2nn1C1CCCC1. The lowest BCUT2D eigenvalue weighted by Gasteiger charge is -2.17. The number of aromatic nitrogens is 4. The molecule has 3 heterocycles. The fourth-order valence-corrected chi connectivity index (χ4v) is 4.14. The first-order valence-corrected chi connectivity index (χ1v) is 8.61. The Labute approximate surface area is 147 Å². The molecule has 1 fully saturated rings. The normalized spacial score (nSPS) is 19.9. The molecule has 1 atom stereocenters. The summed E-state index contributed by atoms with van der Waals surface area (Å²) in [6.45, 7) is 0. The second kappa shape index (κ2) is 5.55. The maximum absolute atomic E-state index is 14.2. The Balaban J connectivity index is 1.77. The molecule has 0 bridgehead atoms. The molecular weight excluding hydrogens is 340 g/mol. The predicted molar refractivity (Wildman–Crippen MR) is 89.7 cm³/mol. The van der Waals surface area contributed by atoms with Crippen LogP contribution in [0.4, 0.5) is 14.5 Å². The van der Waals surface area contributed by atoms with E-state index in [-0.39, 0.29) is 17.3 Å². The third-order valence-electron chi connectivity index (χ3n) is 5.27. The van der Waals surface area contributed by atoms with Crippen LogP contribution >= 0.6 is 0 Å². The highest BCUT2D eigenvalue weighted by Crippen LogP contribution is 2.43. The lowest BCUT2D eigenvalue weighted by atomic mass is 9.94. The molecule has 1 N–H and O–H groups in total. The Morgan fingerprint density at radius 2 is 2.00 bits per heavy atom. The van der Waals surface area contributed by atoms with E-state index >= 15 is 0 Å². The van der Waals surface area contributed by atoms with Crippen molar-refractivity contribution < 1.29 is 13.6 Å². The number of nitrogens with one attached hydrogen (secondary N) is 1. The van der Waals surface area contributed by atoms with Gasteiger partial charge in [-0.05, 0) is 18.9 Å². The summed E-state index contributed by atoms with van der Waals surface area (Å²) >= 11 is 0. The van der Waals surface area contributed by atoms with Gasteiger partial charge in [-0.3, -0.25) is 9.48 Å². The Kier molecular flexibility index (Phi) is 3.28. The van der Waals surface area contributed by atoms with E-state index in [1.165, 1.54) is 12.4 Å². The molecule has 0 radical (unpaired) electrons.